The van der Waals surface area contributed by atoms with E-state index < -0.39 is 6.10 Å². The number of carbonyl (C=O) groups excluding carboxylic acids is 1. The molecule has 0 aromatic heterocycles. The van der Waals surface area contributed by atoms with E-state index in [1.54, 1.807) is 19.1 Å². The third-order valence-corrected chi connectivity index (χ3v) is 3.48. The normalized spacial score (nSPS) is 24.2. The number of amides is 1. The van der Waals surface area contributed by atoms with Gasteiger partial charge in [0.1, 0.15) is 5.82 Å². The van der Waals surface area contributed by atoms with Gasteiger partial charge in [0, 0.05) is 6.54 Å². The second-order valence-electron chi connectivity index (χ2n) is 5.09. The average molecular weight is 266 g/mol. The summed E-state index contributed by atoms with van der Waals surface area (Å²) in [5, 5.41) is 15.1. The largest absolute Gasteiger partial charge is 0.392 e. The van der Waals surface area contributed by atoms with Crippen LogP contribution in [0.1, 0.15) is 30.5 Å². The van der Waals surface area contributed by atoms with Crippen molar-refractivity contribution in [2.75, 3.05) is 6.54 Å². The quantitative estimate of drug-likeness (QED) is 0.766. The standard InChI is InChI=1S/C14H19FN2O2/c1-8-3-4-10(5-12(8)15)9(2)17-14(19)13-6-11(18)7-16-13/h3-5,9,11,13,16,18H,6-7H2,1-2H3,(H,17,19)/t9-,11-,13+/m0/s1. The molecule has 1 heterocycles. The van der Waals surface area contributed by atoms with E-state index in [1.165, 1.54) is 6.07 Å². The molecule has 4 nitrogen and oxygen atoms in total. The van der Waals surface area contributed by atoms with Crippen molar-refractivity contribution in [1.82, 2.24) is 10.6 Å². The molecule has 1 saturated heterocycles. The molecule has 0 bridgehead atoms. The fourth-order valence-corrected chi connectivity index (χ4v) is 2.19. The van der Waals surface area contributed by atoms with E-state index in [0.29, 0.717) is 18.5 Å². The first-order valence-electron chi connectivity index (χ1n) is 6.45. The van der Waals surface area contributed by atoms with E-state index in [4.69, 9.17) is 0 Å². The first-order valence-corrected chi connectivity index (χ1v) is 6.45. The molecule has 1 aliphatic rings. The van der Waals surface area contributed by atoms with Crippen LogP contribution in [0.25, 0.3) is 0 Å². The molecule has 3 atom stereocenters. The summed E-state index contributed by atoms with van der Waals surface area (Å²) in [6.07, 6.45) is -0.0521. The highest BCUT2D eigenvalue weighted by Crippen LogP contribution is 2.17. The van der Waals surface area contributed by atoms with Gasteiger partial charge in [-0.25, -0.2) is 4.39 Å². The molecule has 1 fully saturated rings. The number of aliphatic hydroxyl groups excluding tert-OH is 1. The van der Waals surface area contributed by atoms with Crippen molar-refractivity contribution >= 4 is 5.91 Å². The fourth-order valence-electron chi connectivity index (χ4n) is 2.19. The average Bonchev–Trinajstić information content (AvgIpc) is 2.79. The Hall–Kier alpha value is -1.46. The van der Waals surface area contributed by atoms with Crippen molar-refractivity contribution in [2.24, 2.45) is 0 Å². The predicted molar refractivity (Wildman–Crippen MR) is 70.1 cm³/mol. The molecule has 2 rings (SSSR count). The van der Waals surface area contributed by atoms with Crippen LogP contribution in [-0.4, -0.2) is 29.7 Å². The smallest absolute Gasteiger partial charge is 0.237 e. The Balaban J connectivity index is 1.98. The molecule has 1 aromatic rings. The van der Waals surface area contributed by atoms with E-state index in [2.05, 4.69) is 10.6 Å². The van der Waals surface area contributed by atoms with Gasteiger partial charge in [0.25, 0.3) is 0 Å². The summed E-state index contributed by atoms with van der Waals surface area (Å²) in [6.45, 7) is 3.95. The molecule has 104 valence electrons. The topological polar surface area (TPSA) is 61.4 Å². The molecule has 5 heteroatoms. The SMILES string of the molecule is Cc1ccc([C@H](C)NC(=O)[C@H]2C[C@H](O)CN2)cc1F. The molecule has 0 aliphatic carbocycles. The Morgan fingerprint density at radius 1 is 1.58 bits per heavy atom. The van der Waals surface area contributed by atoms with Gasteiger partial charge in [0.15, 0.2) is 0 Å². The molecule has 3 N–H and O–H groups in total. The zero-order valence-corrected chi connectivity index (χ0v) is 11.1. The molecule has 19 heavy (non-hydrogen) atoms. The van der Waals surface area contributed by atoms with Crippen molar-refractivity contribution in [1.29, 1.82) is 0 Å². The predicted octanol–water partition coefficient (Wildman–Crippen LogP) is 1.03. The Labute approximate surface area is 112 Å². The molecule has 0 saturated carbocycles. The second kappa shape index (κ2) is 5.67. The molecule has 1 amide bonds. The Kier molecular flexibility index (Phi) is 4.17. The molecular weight excluding hydrogens is 247 g/mol. The van der Waals surface area contributed by atoms with E-state index in [0.717, 1.165) is 5.56 Å². The van der Waals surface area contributed by atoms with E-state index in [1.807, 2.05) is 6.92 Å². The van der Waals surface area contributed by atoms with Gasteiger partial charge in [-0.05, 0) is 37.5 Å². The highest BCUT2D eigenvalue weighted by Gasteiger charge is 2.28. The molecule has 0 radical (unpaired) electrons. The van der Waals surface area contributed by atoms with Gasteiger partial charge in [-0.3, -0.25) is 4.79 Å². The third kappa shape index (κ3) is 3.30. The number of β-amino-alcohol motifs (C(OH)–C–C–N with tert-alkyl or cyclic N) is 1. The van der Waals surface area contributed by atoms with Gasteiger partial charge < -0.3 is 15.7 Å². The summed E-state index contributed by atoms with van der Waals surface area (Å²) >= 11 is 0. The monoisotopic (exact) mass is 266 g/mol. The summed E-state index contributed by atoms with van der Waals surface area (Å²) in [7, 11) is 0. The van der Waals surface area contributed by atoms with E-state index >= 15 is 0 Å². The highest BCUT2D eigenvalue weighted by molar-refractivity contribution is 5.82. The summed E-state index contributed by atoms with van der Waals surface area (Å²) in [6, 6.07) is 4.32. The van der Waals surface area contributed by atoms with E-state index in [-0.39, 0.29) is 23.8 Å². The minimum atomic E-state index is -0.470. The zero-order valence-electron chi connectivity index (χ0n) is 11.1. The first-order chi connectivity index (χ1) is 8.97. The van der Waals surface area contributed by atoms with Crippen molar-refractivity contribution < 1.29 is 14.3 Å². The zero-order chi connectivity index (χ0) is 14.0. The van der Waals surface area contributed by atoms with Crippen LogP contribution in [0.2, 0.25) is 0 Å². The summed E-state index contributed by atoms with van der Waals surface area (Å²) in [5.41, 5.74) is 1.32. The van der Waals surface area contributed by atoms with Crippen LogP contribution in [0.5, 0.6) is 0 Å². The molecular formula is C14H19FN2O2. The maximum absolute atomic E-state index is 13.5. The number of benzene rings is 1. The van der Waals surface area contributed by atoms with Crippen LogP contribution in [0, 0.1) is 12.7 Å². The Bertz CT molecular complexity index is 479. The molecule has 1 aliphatic heterocycles. The van der Waals surface area contributed by atoms with Crippen LogP contribution >= 0.6 is 0 Å². The van der Waals surface area contributed by atoms with E-state index in [9.17, 15) is 14.3 Å². The maximum atomic E-state index is 13.5. The van der Waals surface area contributed by atoms with Gasteiger partial charge in [-0.15, -0.1) is 0 Å². The minimum Gasteiger partial charge on any atom is -0.392 e. The van der Waals surface area contributed by atoms with Crippen LogP contribution in [0.15, 0.2) is 18.2 Å². The minimum absolute atomic E-state index is 0.162. The van der Waals surface area contributed by atoms with Crippen molar-refractivity contribution in [3.05, 3.63) is 35.1 Å². The Morgan fingerprint density at radius 2 is 2.32 bits per heavy atom. The lowest BCUT2D eigenvalue weighted by molar-refractivity contribution is -0.123. The van der Waals surface area contributed by atoms with Crippen LogP contribution in [-0.2, 0) is 4.79 Å². The summed E-state index contributed by atoms with van der Waals surface area (Å²) in [4.78, 5) is 11.9. The second-order valence-corrected chi connectivity index (χ2v) is 5.09. The number of nitrogens with one attached hydrogen (secondary N) is 2. The van der Waals surface area contributed by atoms with Gasteiger partial charge >= 0.3 is 0 Å². The van der Waals surface area contributed by atoms with Crippen LogP contribution in [0.4, 0.5) is 4.39 Å². The van der Waals surface area contributed by atoms with Crippen LogP contribution < -0.4 is 10.6 Å². The number of carbonyl (C=O) groups is 1. The summed E-state index contributed by atoms with van der Waals surface area (Å²) < 4.78 is 13.5. The van der Waals surface area contributed by atoms with Crippen molar-refractivity contribution in [2.45, 2.75) is 38.5 Å². The first kappa shape index (κ1) is 14.0. The molecule has 1 aromatic carbocycles. The van der Waals surface area contributed by atoms with Gasteiger partial charge in [0.2, 0.25) is 5.91 Å². The summed E-state index contributed by atoms with van der Waals surface area (Å²) in [5.74, 6) is -0.432. The number of rotatable bonds is 3. The van der Waals surface area contributed by atoms with Crippen LogP contribution in [0.3, 0.4) is 0 Å². The number of aryl methyl sites for hydroxylation is 1. The van der Waals surface area contributed by atoms with Gasteiger partial charge in [-0.1, -0.05) is 12.1 Å². The lowest BCUT2D eigenvalue weighted by Gasteiger charge is -2.18. The molecule has 0 unspecified atom stereocenters. The lowest BCUT2D eigenvalue weighted by Crippen LogP contribution is -2.41. The van der Waals surface area contributed by atoms with Crippen molar-refractivity contribution in [3.8, 4) is 0 Å². The maximum Gasteiger partial charge on any atom is 0.237 e. The lowest BCUT2D eigenvalue weighted by atomic mass is 10.1. The number of aliphatic hydroxyl groups is 1. The number of halogens is 1. The van der Waals surface area contributed by atoms with Crippen molar-refractivity contribution in [3.63, 3.8) is 0 Å². The van der Waals surface area contributed by atoms with Gasteiger partial charge in [-0.2, -0.15) is 0 Å². The fraction of sp³-hybridized carbons (Fsp3) is 0.500. The molecule has 0 spiro atoms. The van der Waals surface area contributed by atoms with Gasteiger partial charge in [0.05, 0.1) is 18.2 Å². The third-order valence-electron chi connectivity index (χ3n) is 3.48. The number of hydrogen-bond acceptors (Lipinski definition) is 3. The number of hydrogen-bond donors (Lipinski definition) is 3. The highest BCUT2D eigenvalue weighted by atomic mass is 19.1. The Morgan fingerprint density at radius 3 is 2.89 bits per heavy atom.